The molecule has 0 bridgehead atoms. The highest BCUT2D eigenvalue weighted by molar-refractivity contribution is 6.30. The minimum absolute atomic E-state index is 0.0622. The molecule has 9 heteroatoms. The van der Waals surface area contributed by atoms with Crippen molar-refractivity contribution in [2.24, 2.45) is 5.41 Å². The molecule has 2 aromatic rings. The molecule has 2 aromatic heterocycles. The number of hydrogen-bond acceptors (Lipinski definition) is 6. The maximum absolute atomic E-state index is 12.5. The number of amides is 1. The molecular formula is C22H30ClN5O3. The molecule has 31 heavy (non-hydrogen) atoms. The zero-order valence-corrected chi connectivity index (χ0v) is 19.2. The summed E-state index contributed by atoms with van der Waals surface area (Å²) < 4.78 is 13.5. The number of carbonyl (C=O) groups excluding carboxylic acids is 1. The van der Waals surface area contributed by atoms with Gasteiger partial charge in [-0.2, -0.15) is 5.10 Å². The maximum atomic E-state index is 12.5. The first kappa shape index (κ1) is 20.8. The number of anilines is 1. The molecule has 0 aliphatic carbocycles. The van der Waals surface area contributed by atoms with Crippen LogP contribution in [-0.4, -0.2) is 64.1 Å². The van der Waals surface area contributed by atoms with E-state index >= 15 is 0 Å². The van der Waals surface area contributed by atoms with Crippen LogP contribution in [0.1, 0.15) is 52.7 Å². The summed E-state index contributed by atoms with van der Waals surface area (Å²) in [5.41, 5.74) is 0.595. The van der Waals surface area contributed by atoms with Gasteiger partial charge >= 0.3 is 6.09 Å². The van der Waals surface area contributed by atoms with Crippen LogP contribution in [0.25, 0.3) is 10.9 Å². The molecular weight excluding hydrogens is 418 g/mol. The van der Waals surface area contributed by atoms with Gasteiger partial charge in [0.25, 0.3) is 0 Å². The minimum Gasteiger partial charge on any atom is -0.444 e. The van der Waals surface area contributed by atoms with Gasteiger partial charge in [-0.25, -0.2) is 14.5 Å². The van der Waals surface area contributed by atoms with E-state index in [4.69, 9.17) is 26.2 Å². The quantitative estimate of drug-likeness (QED) is 0.641. The molecule has 8 nitrogen and oxygen atoms in total. The first-order valence-electron chi connectivity index (χ1n) is 11.1. The summed E-state index contributed by atoms with van der Waals surface area (Å²) in [6.07, 6.45) is 5.69. The van der Waals surface area contributed by atoms with E-state index in [2.05, 4.69) is 9.88 Å². The Morgan fingerprint density at radius 1 is 1.29 bits per heavy atom. The monoisotopic (exact) mass is 447 g/mol. The van der Waals surface area contributed by atoms with Crippen LogP contribution in [0.15, 0.2) is 12.3 Å². The number of aromatic nitrogens is 3. The largest absolute Gasteiger partial charge is 0.444 e. The molecule has 1 amide bonds. The molecule has 0 aromatic carbocycles. The zero-order valence-electron chi connectivity index (χ0n) is 18.4. The normalized spacial score (nSPS) is 23.4. The van der Waals surface area contributed by atoms with Crippen LogP contribution in [0.4, 0.5) is 10.6 Å². The van der Waals surface area contributed by atoms with Crippen LogP contribution in [0.5, 0.6) is 0 Å². The number of pyridine rings is 1. The molecule has 5 rings (SSSR count). The molecule has 3 aliphatic rings. The Balaban J connectivity index is 1.33. The second-order valence-electron chi connectivity index (χ2n) is 10.1. The van der Waals surface area contributed by atoms with Crippen LogP contribution in [-0.2, 0) is 9.47 Å². The fourth-order valence-electron chi connectivity index (χ4n) is 4.95. The number of hydrogen-bond donors (Lipinski definition) is 0. The molecule has 1 spiro atoms. The van der Waals surface area contributed by atoms with Gasteiger partial charge in [-0.05, 0) is 46.5 Å². The number of ether oxygens (including phenoxy) is 2. The maximum Gasteiger partial charge on any atom is 0.410 e. The molecule has 3 aliphatic heterocycles. The summed E-state index contributed by atoms with van der Waals surface area (Å²) in [4.78, 5) is 20.9. The van der Waals surface area contributed by atoms with Gasteiger partial charge in [-0.3, -0.25) is 0 Å². The van der Waals surface area contributed by atoms with E-state index in [-0.39, 0.29) is 17.7 Å². The van der Waals surface area contributed by atoms with Gasteiger partial charge in [0.15, 0.2) is 12.0 Å². The second kappa shape index (κ2) is 7.52. The number of nitrogens with zero attached hydrogens (tertiary/aromatic N) is 5. The highest BCUT2D eigenvalue weighted by Crippen LogP contribution is 2.44. The SMILES string of the molecule is CC(C)(C)OC(=O)N1CCC2(C1)CN(c1nn(C3CCCCO3)c3cc(Cl)ncc13)C2. The Bertz CT molecular complexity index is 989. The highest BCUT2D eigenvalue weighted by atomic mass is 35.5. The van der Waals surface area contributed by atoms with Crippen LogP contribution in [0.2, 0.25) is 5.15 Å². The predicted octanol–water partition coefficient (Wildman–Crippen LogP) is 4.23. The molecule has 1 unspecified atom stereocenters. The lowest BCUT2D eigenvalue weighted by atomic mass is 9.79. The summed E-state index contributed by atoms with van der Waals surface area (Å²) in [5, 5.41) is 6.40. The van der Waals surface area contributed by atoms with Crippen molar-refractivity contribution in [3.8, 4) is 0 Å². The topological polar surface area (TPSA) is 72.7 Å². The van der Waals surface area contributed by atoms with E-state index < -0.39 is 5.60 Å². The number of fused-ring (bicyclic) bond motifs is 1. The Morgan fingerprint density at radius 2 is 2.10 bits per heavy atom. The molecule has 0 radical (unpaired) electrons. The van der Waals surface area contributed by atoms with Crippen molar-refractivity contribution in [1.29, 1.82) is 0 Å². The van der Waals surface area contributed by atoms with Gasteiger partial charge in [0.2, 0.25) is 0 Å². The standard InChI is InChI=1S/C22H30ClN5O3/c1-21(2,3)31-20(29)26-8-7-22(12-26)13-27(14-22)19-15-11-24-17(23)10-16(15)28(25-19)18-6-4-5-9-30-18/h10-11,18H,4-9,12-14H2,1-3H3. The average Bonchev–Trinajstić information content (AvgIpc) is 3.28. The summed E-state index contributed by atoms with van der Waals surface area (Å²) in [6.45, 7) is 9.67. The first-order valence-corrected chi connectivity index (χ1v) is 11.5. The number of likely N-dealkylation sites (tertiary alicyclic amines) is 1. The van der Waals surface area contributed by atoms with Crippen molar-refractivity contribution in [3.05, 3.63) is 17.4 Å². The Morgan fingerprint density at radius 3 is 2.81 bits per heavy atom. The molecule has 3 fully saturated rings. The lowest BCUT2D eigenvalue weighted by molar-refractivity contribution is -0.0366. The van der Waals surface area contributed by atoms with Crippen LogP contribution in [0, 0.1) is 5.41 Å². The number of carbonyl (C=O) groups is 1. The predicted molar refractivity (Wildman–Crippen MR) is 118 cm³/mol. The van der Waals surface area contributed by atoms with Crippen molar-refractivity contribution < 1.29 is 14.3 Å². The molecule has 0 saturated carbocycles. The van der Waals surface area contributed by atoms with E-state index in [0.717, 1.165) is 75.2 Å². The van der Waals surface area contributed by atoms with E-state index in [9.17, 15) is 4.79 Å². The lowest BCUT2D eigenvalue weighted by Gasteiger charge is -2.48. The first-order chi connectivity index (χ1) is 14.7. The Hall–Kier alpha value is -2.06. The number of rotatable bonds is 2. The van der Waals surface area contributed by atoms with E-state index in [0.29, 0.717) is 5.15 Å². The molecule has 3 saturated heterocycles. The van der Waals surface area contributed by atoms with Crippen molar-refractivity contribution in [3.63, 3.8) is 0 Å². The van der Waals surface area contributed by atoms with E-state index in [1.54, 1.807) is 0 Å². The smallest absolute Gasteiger partial charge is 0.410 e. The fraction of sp³-hybridized carbons (Fsp3) is 0.682. The Kier molecular flexibility index (Phi) is 5.05. The van der Waals surface area contributed by atoms with Crippen molar-refractivity contribution >= 4 is 34.4 Å². The van der Waals surface area contributed by atoms with E-state index in [1.165, 1.54) is 0 Å². The lowest BCUT2D eigenvalue weighted by Crippen LogP contribution is -2.58. The Labute approximate surface area is 187 Å². The molecule has 5 heterocycles. The van der Waals surface area contributed by atoms with Crippen LogP contribution >= 0.6 is 11.6 Å². The van der Waals surface area contributed by atoms with Gasteiger partial charge in [0.1, 0.15) is 10.8 Å². The summed E-state index contributed by atoms with van der Waals surface area (Å²) in [7, 11) is 0. The minimum atomic E-state index is -0.473. The fourth-order valence-corrected chi connectivity index (χ4v) is 5.10. The van der Waals surface area contributed by atoms with Crippen molar-refractivity contribution in [2.75, 3.05) is 37.7 Å². The van der Waals surface area contributed by atoms with Crippen molar-refractivity contribution in [1.82, 2.24) is 19.7 Å². The van der Waals surface area contributed by atoms with Crippen LogP contribution < -0.4 is 4.90 Å². The van der Waals surface area contributed by atoms with Crippen molar-refractivity contribution in [2.45, 2.75) is 58.3 Å². The molecule has 168 valence electrons. The summed E-state index contributed by atoms with van der Waals surface area (Å²) in [5.74, 6) is 0.926. The second-order valence-corrected chi connectivity index (χ2v) is 10.5. The number of halogens is 1. The van der Waals surface area contributed by atoms with Crippen LogP contribution in [0.3, 0.4) is 0 Å². The molecule has 1 atom stereocenters. The average molecular weight is 448 g/mol. The third-order valence-electron chi connectivity index (χ3n) is 6.41. The van der Waals surface area contributed by atoms with Gasteiger partial charge in [0.05, 0.1) is 10.9 Å². The van der Waals surface area contributed by atoms with Gasteiger partial charge < -0.3 is 19.3 Å². The third kappa shape index (κ3) is 3.96. The van der Waals surface area contributed by atoms with Gasteiger partial charge in [-0.1, -0.05) is 11.6 Å². The summed E-state index contributed by atoms with van der Waals surface area (Å²) >= 11 is 6.20. The third-order valence-corrected chi connectivity index (χ3v) is 6.62. The summed E-state index contributed by atoms with van der Waals surface area (Å²) in [6, 6.07) is 1.88. The van der Waals surface area contributed by atoms with Gasteiger partial charge in [-0.15, -0.1) is 0 Å². The van der Waals surface area contributed by atoms with E-state index in [1.807, 2.05) is 42.6 Å². The zero-order chi connectivity index (χ0) is 21.8. The van der Waals surface area contributed by atoms with Gasteiger partial charge in [0, 0.05) is 50.5 Å². The molecule has 0 N–H and O–H groups in total. The highest BCUT2D eigenvalue weighted by Gasteiger charge is 2.50.